The SMILES string of the molecule is C/N=C(\N=C(/OC)[C@]1(C)CC[C@H](NCC(=O)N2C[C@@H](F)C[C@H]2C#N)C1(C)C)c1ccc(F)cc1. The minimum Gasteiger partial charge on any atom is -0.484 e. The minimum atomic E-state index is -1.16. The number of nitrogens with one attached hydrogen (secondary N) is 1. The van der Waals surface area contributed by atoms with Crippen LogP contribution in [0.15, 0.2) is 34.3 Å². The first-order valence-corrected chi connectivity index (χ1v) is 11.5. The number of aliphatic imine (C=N–C) groups is 2. The Bertz CT molecular complexity index is 1000. The Hall–Kier alpha value is -2.86. The average Bonchev–Trinajstić information content (AvgIpc) is 3.30. The number of halogens is 2. The number of nitrogens with zero attached hydrogens (tertiary/aromatic N) is 4. The predicted molar refractivity (Wildman–Crippen MR) is 127 cm³/mol. The first-order chi connectivity index (χ1) is 16.1. The molecule has 0 unspecified atom stereocenters. The Morgan fingerprint density at radius 1 is 1.32 bits per heavy atom. The highest BCUT2D eigenvalue weighted by atomic mass is 19.1. The number of amides is 1. The lowest BCUT2D eigenvalue weighted by atomic mass is 9.67. The lowest BCUT2D eigenvalue weighted by Crippen LogP contribution is -2.51. The number of hydrogen-bond acceptors (Lipinski definition) is 5. The molecule has 1 saturated heterocycles. The number of carbonyl (C=O) groups is 1. The van der Waals surface area contributed by atoms with Crippen LogP contribution < -0.4 is 5.32 Å². The monoisotopic (exact) mass is 473 g/mol. The van der Waals surface area contributed by atoms with Gasteiger partial charge in [0.25, 0.3) is 0 Å². The van der Waals surface area contributed by atoms with Gasteiger partial charge in [0, 0.05) is 25.1 Å². The number of methoxy groups -OCH3 is 1. The molecule has 1 N–H and O–H groups in total. The van der Waals surface area contributed by atoms with Gasteiger partial charge in [-0.25, -0.2) is 8.78 Å². The fourth-order valence-electron chi connectivity index (χ4n) is 5.07. The number of carbonyl (C=O) groups excluding carboxylic acids is 1. The molecule has 0 bridgehead atoms. The number of hydrogen-bond donors (Lipinski definition) is 1. The second-order valence-electron chi connectivity index (χ2n) is 9.73. The van der Waals surface area contributed by atoms with Gasteiger partial charge in [-0.3, -0.25) is 9.79 Å². The van der Waals surface area contributed by atoms with E-state index >= 15 is 0 Å². The Kier molecular flexibility index (Phi) is 7.71. The number of alkyl halides is 1. The molecule has 4 atom stereocenters. The molecule has 0 radical (unpaired) electrons. The molecule has 0 aromatic heterocycles. The molecule has 3 rings (SSSR count). The van der Waals surface area contributed by atoms with Crippen molar-refractivity contribution in [3.63, 3.8) is 0 Å². The number of nitriles is 1. The first kappa shape index (κ1) is 25.8. The summed E-state index contributed by atoms with van der Waals surface area (Å²) in [5.74, 6) is 0.355. The van der Waals surface area contributed by atoms with Crippen LogP contribution in [0, 0.1) is 28.0 Å². The summed E-state index contributed by atoms with van der Waals surface area (Å²) in [5, 5.41) is 12.6. The van der Waals surface area contributed by atoms with Crippen LogP contribution in [0.25, 0.3) is 0 Å². The highest BCUT2D eigenvalue weighted by Crippen LogP contribution is 2.53. The van der Waals surface area contributed by atoms with Crippen molar-refractivity contribution in [2.24, 2.45) is 20.8 Å². The molecule has 7 nitrogen and oxygen atoms in total. The summed E-state index contributed by atoms with van der Waals surface area (Å²) in [6.07, 6.45) is 0.451. The number of likely N-dealkylation sites (tertiary alicyclic amines) is 1. The van der Waals surface area contributed by atoms with E-state index in [1.54, 1.807) is 26.3 Å². The van der Waals surface area contributed by atoms with E-state index in [0.717, 1.165) is 12.8 Å². The fraction of sp³-hybridized carbons (Fsp3) is 0.600. The standard InChI is InChI=1S/C25H33F2N5O2/c1-24(2)20(30-14-21(33)32-15-18(27)12-19(32)13-28)10-11-25(24,3)23(34-5)31-22(29-4)16-6-8-17(26)9-7-16/h6-9,18-20,30H,10-12,14-15H2,1-5H3/b29-22-,31-23-/t18-,19-,20-,25-/m0/s1. The summed E-state index contributed by atoms with van der Waals surface area (Å²) in [7, 11) is 3.20. The molecular formula is C25H33F2N5O2. The third kappa shape index (κ3) is 4.83. The Labute approximate surface area is 199 Å². The molecule has 1 aromatic carbocycles. The number of benzene rings is 1. The predicted octanol–water partition coefficient (Wildman–Crippen LogP) is 3.49. The van der Waals surface area contributed by atoms with E-state index in [4.69, 9.17) is 9.73 Å². The van der Waals surface area contributed by atoms with Crippen LogP contribution in [0.2, 0.25) is 0 Å². The van der Waals surface area contributed by atoms with Crippen LogP contribution in [0.1, 0.15) is 45.6 Å². The third-order valence-electron chi connectivity index (χ3n) is 7.63. The maximum atomic E-state index is 13.7. The summed E-state index contributed by atoms with van der Waals surface area (Å²) >= 11 is 0. The van der Waals surface area contributed by atoms with E-state index in [0.29, 0.717) is 17.3 Å². The van der Waals surface area contributed by atoms with Crippen LogP contribution in [-0.4, -0.2) is 68.0 Å². The summed E-state index contributed by atoms with van der Waals surface area (Å²) in [6.45, 7) is 6.28. The molecule has 184 valence electrons. The molecule has 2 aliphatic rings. The maximum Gasteiger partial charge on any atom is 0.237 e. The van der Waals surface area contributed by atoms with Crippen molar-refractivity contribution in [3.05, 3.63) is 35.6 Å². The lowest BCUT2D eigenvalue weighted by Gasteiger charge is -2.41. The van der Waals surface area contributed by atoms with Gasteiger partial charge in [0.2, 0.25) is 5.91 Å². The van der Waals surface area contributed by atoms with E-state index in [-0.39, 0.29) is 42.7 Å². The molecule has 34 heavy (non-hydrogen) atoms. The van der Waals surface area contributed by atoms with Crippen LogP contribution in [0.4, 0.5) is 8.78 Å². The highest BCUT2D eigenvalue weighted by Gasteiger charge is 2.55. The summed E-state index contributed by atoms with van der Waals surface area (Å²) in [6, 6.07) is 7.26. The molecule has 1 aliphatic carbocycles. The smallest absolute Gasteiger partial charge is 0.237 e. The van der Waals surface area contributed by atoms with Gasteiger partial charge in [0.15, 0.2) is 11.7 Å². The maximum absolute atomic E-state index is 13.7. The van der Waals surface area contributed by atoms with Gasteiger partial charge in [-0.15, -0.1) is 0 Å². The summed E-state index contributed by atoms with van der Waals surface area (Å²) in [5.41, 5.74) is -0.140. The second kappa shape index (κ2) is 10.2. The van der Waals surface area contributed by atoms with E-state index in [1.165, 1.54) is 17.0 Å². The molecule has 9 heteroatoms. The van der Waals surface area contributed by atoms with Crippen LogP contribution in [-0.2, 0) is 9.53 Å². The van der Waals surface area contributed by atoms with Crippen LogP contribution in [0.3, 0.4) is 0 Å². The average molecular weight is 474 g/mol. The summed E-state index contributed by atoms with van der Waals surface area (Å²) in [4.78, 5) is 23.0. The normalized spacial score (nSPS) is 29.2. The third-order valence-corrected chi connectivity index (χ3v) is 7.63. The molecule has 1 amide bonds. The molecule has 2 fully saturated rings. The van der Waals surface area contributed by atoms with Gasteiger partial charge >= 0.3 is 0 Å². The van der Waals surface area contributed by atoms with Crippen molar-refractivity contribution < 1.29 is 18.3 Å². The number of ether oxygens (including phenoxy) is 1. The molecular weight excluding hydrogens is 440 g/mol. The number of amidine groups is 1. The van der Waals surface area contributed by atoms with Gasteiger partial charge in [-0.2, -0.15) is 10.3 Å². The van der Waals surface area contributed by atoms with E-state index in [2.05, 4.69) is 31.1 Å². The summed E-state index contributed by atoms with van der Waals surface area (Å²) < 4.78 is 32.8. The Balaban J connectivity index is 1.76. The van der Waals surface area contributed by atoms with E-state index in [9.17, 15) is 18.8 Å². The lowest BCUT2D eigenvalue weighted by molar-refractivity contribution is -0.130. The fourth-order valence-corrected chi connectivity index (χ4v) is 5.07. The van der Waals surface area contributed by atoms with Gasteiger partial charge in [-0.1, -0.05) is 20.8 Å². The topological polar surface area (TPSA) is 90.1 Å². The van der Waals surface area contributed by atoms with Gasteiger partial charge in [-0.05, 0) is 42.5 Å². The molecule has 1 aliphatic heterocycles. The van der Waals surface area contributed by atoms with Crippen molar-refractivity contribution in [1.82, 2.24) is 10.2 Å². The zero-order valence-corrected chi connectivity index (χ0v) is 20.4. The van der Waals surface area contributed by atoms with Crippen molar-refractivity contribution >= 4 is 17.6 Å². The Morgan fingerprint density at radius 2 is 2.00 bits per heavy atom. The molecule has 1 aromatic rings. The largest absolute Gasteiger partial charge is 0.484 e. The number of rotatable bonds is 5. The van der Waals surface area contributed by atoms with Gasteiger partial charge < -0.3 is 15.0 Å². The zero-order valence-electron chi connectivity index (χ0n) is 20.4. The van der Waals surface area contributed by atoms with E-state index in [1.807, 2.05) is 6.07 Å². The molecule has 1 heterocycles. The highest BCUT2D eigenvalue weighted by molar-refractivity contribution is 6.06. The van der Waals surface area contributed by atoms with Crippen molar-refractivity contribution in [2.75, 3.05) is 27.2 Å². The quantitative estimate of drug-likeness (QED) is 0.524. The van der Waals surface area contributed by atoms with Gasteiger partial charge in [0.1, 0.15) is 18.0 Å². The van der Waals surface area contributed by atoms with Crippen LogP contribution in [0.5, 0.6) is 0 Å². The second-order valence-corrected chi connectivity index (χ2v) is 9.73. The van der Waals surface area contributed by atoms with Crippen molar-refractivity contribution in [1.29, 1.82) is 5.26 Å². The molecule has 1 saturated carbocycles. The first-order valence-electron chi connectivity index (χ1n) is 11.5. The van der Waals surface area contributed by atoms with Crippen molar-refractivity contribution in [2.45, 2.75) is 58.3 Å². The van der Waals surface area contributed by atoms with Crippen LogP contribution >= 0.6 is 0 Å². The minimum absolute atomic E-state index is 0.0288. The Morgan fingerprint density at radius 3 is 2.59 bits per heavy atom. The van der Waals surface area contributed by atoms with Gasteiger partial charge in [0.05, 0.1) is 31.7 Å². The molecule has 0 spiro atoms. The van der Waals surface area contributed by atoms with Crippen molar-refractivity contribution in [3.8, 4) is 6.07 Å². The van der Waals surface area contributed by atoms with E-state index < -0.39 is 17.6 Å². The zero-order chi connectivity index (χ0) is 25.1.